The number of piperidine rings is 1. The molecule has 2 aliphatic rings. The van der Waals surface area contributed by atoms with Crippen molar-refractivity contribution in [2.75, 3.05) is 25.9 Å². The van der Waals surface area contributed by atoms with Crippen LogP contribution in [-0.4, -0.2) is 37.2 Å². The highest BCUT2D eigenvalue weighted by molar-refractivity contribution is 5.94. The van der Waals surface area contributed by atoms with Crippen molar-refractivity contribution in [2.45, 2.75) is 30.4 Å². The summed E-state index contributed by atoms with van der Waals surface area (Å²) in [5.74, 6) is 0.238. The molecule has 1 aliphatic carbocycles. The zero-order valence-corrected chi connectivity index (χ0v) is 14.9. The third-order valence-electron chi connectivity index (χ3n) is 5.76. The summed E-state index contributed by atoms with van der Waals surface area (Å²) < 4.78 is 5.98. The molecule has 4 rings (SSSR count). The molecule has 4 N–H and O–H groups in total. The SMILES string of the molecule is CO[C@H]1[C@H](NC(=O)c2ccc(N)nc2)c2ccccc2C12CCNCC2. The number of rotatable bonds is 3. The van der Waals surface area contributed by atoms with Crippen LogP contribution in [0.4, 0.5) is 5.82 Å². The number of nitrogen functional groups attached to an aromatic ring is 1. The Morgan fingerprint density at radius 2 is 2.04 bits per heavy atom. The number of fused-ring (bicyclic) bond motifs is 2. The molecule has 26 heavy (non-hydrogen) atoms. The lowest BCUT2D eigenvalue weighted by Gasteiger charge is -2.40. The van der Waals surface area contributed by atoms with E-state index in [1.165, 1.54) is 11.8 Å². The second kappa shape index (κ2) is 6.70. The molecule has 1 saturated heterocycles. The number of anilines is 1. The van der Waals surface area contributed by atoms with Crippen molar-refractivity contribution in [1.29, 1.82) is 0 Å². The lowest BCUT2D eigenvalue weighted by Crippen LogP contribution is -2.49. The molecule has 2 heterocycles. The zero-order valence-electron chi connectivity index (χ0n) is 14.9. The van der Waals surface area contributed by atoms with E-state index in [1.807, 2.05) is 6.07 Å². The van der Waals surface area contributed by atoms with Crippen LogP contribution in [0, 0.1) is 0 Å². The van der Waals surface area contributed by atoms with E-state index in [-0.39, 0.29) is 23.5 Å². The van der Waals surface area contributed by atoms with Gasteiger partial charge in [0.05, 0.1) is 17.7 Å². The number of amides is 1. The molecule has 1 aromatic heterocycles. The topological polar surface area (TPSA) is 89.3 Å². The van der Waals surface area contributed by atoms with Gasteiger partial charge >= 0.3 is 0 Å². The largest absolute Gasteiger partial charge is 0.384 e. The molecular formula is C20H24N4O2. The molecule has 1 aromatic carbocycles. The number of hydrogen-bond acceptors (Lipinski definition) is 5. The minimum absolute atomic E-state index is 0.0616. The Balaban J connectivity index is 1.69. The van der Waals surface area contributed by atoms with Crippen LogP contribution in [0.2, 0.25) is 0 Å². The Morgan fingerprint density at radius 3 is 2.73 bits per heavy atom. The predicted molar refractivity (Wildman–Crippen MR) is 99.9 cm³/mol. The van der Waals surface area contributed by atoms with Crippen LogP contribution < -0.4 is 16.4 Å². The number of carbonyl (C=O) groups is 1. The predicted octanol–water partition coefficient (Wildman–Crippen LogP) is 1.78. The monoisotopic (exact) mass is 352 g/mol. The second-order valence-electron chi connectivity index (χ2n) is 7.07. The summed E-state index contributed by atoms with van der Waals surface area (Å²) in [7, 11) is 1.74. The van der Waals surface area contributed by atoms with Crippen molar-refractivity contribution in [3.63, 3.8) is 0 Å². The number of nitrogens with zero attached hydrogens (tertiary/aromatic N) is 1. The first-order chi connectivity index (χ1) is 12.7. The molecule has 136 valence electrons. The summed E-state index contributed by atoms with van der Waals surface area (Å²) in [4.78, 5) is 16.8. The lowest BCUT2D eigenvalue weighted by atomic mass is 9.72. The van der Waals surface area contributed by atoms with Gasteiger partial charge in [-0.1, -0.05) is 24.3 Å². The maximum Gasteiger partial charge on any atom is 0.253 e. The highest BCUT2D eigenvalue weighted by atomic mass is 16.5. The first-order valence-electron chi connectivity index (χ1n) is 9.01. The maximum absolute atomic E-state index is 12.8. The molecule has 6 nitrogen and oxygen atoms in total. The standard InChI is InChI=1S/C20H24N4O2/c1-26-18-17(24-19(25)13-6-7-16(21)23-12-13)14-4-2-3-5-15(14)20(18)8-10-22-11-9-20/h2-7,12,17-18,22H,8-11H2,1H3,(H2,21,23)(H,24,25)/t17-,18+/m1/s1. The van der Waals surface area contributed by atoms with Crippen molar-refractivity contribution in [2.24, 2.45) is 0 Å². The van der Waals surface area contributed by atoms with Gasteiger partial charge in [0, 0.05) is 18.7 Å². The van der Waals surface area contributed by atoms with Gasteiger partial charge in [0.25, 0.3) is 5.91 Å². The summed E-state index contributed by atoms with van der Waals surface area (Å²) in [5.41, 5.74) is 8.51. The second-order valence-corrected chi connectivity index (χ2v) is 7.07. The Bertz CT molecular complexity index is 800. The number of nitrogens with two attached hydrogens (primary N) is 1. The van der Waals surface area contributed by atoms with E-state index in [2.05, 4.69) is 33.8 Å². The minimum atomic E-state index is -0.181. The maximum atomic E-state index is 12.8. The van der Waals surface area contributed by atoms with Gasteiger partial charge < -0.3 is 21.1 Å². The summed E-state index contributed by atoms with van der Waals surface area (Å²) >= 11 is 0. The molecule has 2 aromatic rings. The third-order valence-corrected chi connectivity index (χ3v) is 5.76. The first-order valence-corrected chi connectivity index (χ1v) is 9.01. The number of hydrogen-bond donors (Lipinski definition) is 3. The van der Waals surface area contributed by atoms with Crippen LogP contribution >= 0.6 is 0 Å². The lowest BCUT2D eigenvalue weighted by molar-refractivity contribution is 0.00396. The molecule has 1 aliphatic heterocycles. The Kier molecular flexibility index (Phi) is 4.38. The van der Waals surface area contributed by atoms with E-state index in [0.29, 0.717) is 11.4 Å². The number of pyridine rings is 1. The fraction of sp³-hybridized carbons (Fsp3) is 0.400. The Hall–Kier alpha value is -2.44. The van der Waals surface area contributed by atoms with Crippen molar-refractivity contribution >= 4 is 11.7 Å². The van der Waals surface area contributed by atoms with Gasteiger partial charge in [0.1, 0.15) is 5.82 Å². The van der Waals surface area contributed by atoms with Gasteiger partial charge in [-0.15, -0.1) is 0 Å². The first kappa shape index (κ1) is 17.0. The summed E-state index contributed by atoms with van der Waals surface area (Å²) in [6.45, 7) is 1.91. The molecular weight excluding hydrogens is 328 g/mol. The molecule has 0 unspecified atom stereocenters. The molecule has 2 atom stereocenters. The quantitative estimate of drug-likeness (QED) is 0.784. The normalized spacial score (nSPS) is 23.6. The fourth-order valence-electron chi connectivity index (χ4n) is 4.56. The zero-order chi connectivity index (χ0) is 18.1. The van der Waals surface area contributed by atoms with Gasteiger partial charge in [-0.25, -0.2) is 4.98 Å². The third kappa shape index (κ3) is 2.66. The van der Waals surface area contributed by atoms with E-state index >= 15 is 0 Å². The van der Waals surface area contributed by atoms with Crippen LogP contribution in [0.5, 0.6) is 0 Å². The van der Waals surface area contributed by atoms with Crippen molar-refractivity contribution in [3.8, 4) is 0 Å². The number of aromatic nitrogens is 1. The van der Waals surface area contributed by atoms with Crippen molar-refractivity contribution in [3.05, 3.63) is 59.3 Å². The number of nitrogens with one attached hydrogen (secondary N) is 2. The van der Waals surface area contributed by atoms with Gasteiger partial charge in [0.2, 0.25) is 0 Å². The molecule has 0 bridgehead atoms. The van der Waals surface area contributed by atoms with Gasteiger partial charge in [-0.3, -0.25) is 4.79 Å². The van der Waals surface area contributed by atoms with Gasteiger partial charge in [0.15, 0.2) is 0 Å². The summed E-state index contributed by atoms with van der Waals surface area (Å²) in [5, 5.41) is 6.61. The van der Waals surface area contributed by atoms with Gasteiger partial charge in [-0.05, 0) is 49.2 Å². The number of benzene rings is 1. The fourth-order valence-corrected chi connectivity index (χ4v) is 4.56. The van der Waals surface area contributed by atoms with E-state index < -0.39 is 0 Å². The Morgan fingerprint density at radius 1 is 1.27 bits per heavy atom. The van der Waals surface area contributed by atoms with Crippen molar-refractivity contribution in [1.82, 2.24) is 15.6 Å². The average Bonchev–Trinajstić information content (AvgIpc) is 2.92. The highest BCUT2D eigenvalue weighted by Gasteiger charge is 2.53. The number of ether oxygens (including phenoxy) is 1. The van der Waals surface area contributed by atoms with E-state index in [9.17, 15) is 4.79 Å². The number of carbonyl (C=O) groups excluding carboxylic acids is 1. The van der Waals surface area contributed by atoms with Crippen LogP contribution in [0.3, 0.4) is 0 Å². The van der Waals surface area contributed by atoms with E-state index in [0.717, 1.165) is 31.5 Å². The summed E-state index contributed by atoms with van der Waals surface area (Å²) in [6.07, 6.45) is 3.41. The molecule has 1 fully saturated rings. The van der Waals surface area contributed by atoms with Crippen LogP contribution in [0.1, 0.15) is 40.4 Å². The minimum Gasteiger partial charge on any atom is -0.384 e. The molecule has 6 heteroatoms. The Labute approximate surface area is 153 Å². The summed E-state index contributed by atoms with van der Waals surface area (Å²) in [6, 6.07) is 11.5. The van der Waals surface area contributed by atoms with E-state index in [1.54, 1.807) is 19.2 Å². The number of methoxy groups -OCH3 is 1. The average molecular weight is 352 g/mol. The van der Waals surface area contributed by atoms with Gasteiger partial charge in [-0.2, -0.15) is 0 Å². The molecule has 0 radical (unpaired) electrons. The molecule has 1 amide bonds. The molecule has 0 saturated carbocycles. The van der Waals surface area contributed by atoms with Crippen LogP contribution in [0.25, 0.3) is 0 Å². The highest BCUT2D eigenvalue weighted by Crippen LogP contribution is 2.51. The van der Waals surface area contributed by atoms with Crippen molar-refractivity contribution < 1.29 is 9.53 Å². The van der Waals surface area contributed by atoms with Crippen LogP contribution in [-0.2, 0) is 10.2 Å². The smallest absolute Gasteiger partial charge is 0.253 e. The van der Waals surface area contributed by atoms with E-state index in [4.69, 9.17) is 10.5 Å². The molecule has 1 spiro atoms. The van der Waals surface area contributed by atoms with Crippen LogP contribution in [0.15, 0.2) is 42.6 Å².